The summed E-state index contributed by atoms with van der Waals surface area (Å²) < 4.78 is 19.3. The van der Waals surface area contributed by atoms with Gasteiger partial charge in [-0.25, -0.2) is 4.39 Å². The second-order valence-electron chi connectivity index (χ2n) is 7.66. The topological polar surface area (TPSA) is 22.1 Å². The monoisotopic (exact) mass is 451 g/mol. The van der Waals surface area contributed by atoms with Crippen LogP contribution in [0.25, 0.3) is 11.1 Å². The Bertz CT molecular complexity index is 849. The minimum Gasteiger partial charge on any atom is -0.380 e. The highest BCUT2D eigenvalue weighted by atomic mass is 79.9. The zero-order valence-electron chi connectivity index (χ0n) is 15.5. The third-order valence-corrected chi connectivity index (χ3v) is 6.94. The maximum Gasteiger partial charge on any atom is 0.124 e. The fourth-order valence-electron chi connectivity index (χ4n) is 4.18. The summed E-state index contributed by atoms with van der Waals surface area (Å²) in [6.07, 6.45) is 7.26. The molecule has 5 heteroatoms. The minimum absolute atomic E-state index is 0.315. The van der Waals surface area contributed by atoms with E-state index in [0.717, 1.165) is 16.7 Å². The molecule has 2 aromatic rings. The highest BCUT2D eigenvalue weighted by molar-refractivity contribution is 9.08. The predicted octanol–water partition coefficient (Wildman–Crippen LogP) is 7.12. The fraction of sp³-hybridized carbons (Fsp3) is 0.500. The molecule has 0 radical (unpaired) electrons. The summed E-state index contributed by atoms with van der Waals surface area (Å²) in [6.45, 7) is 0.493. The molecule has 1 heterocycles. The van der Waals surface area contributed by atoms with Crippen molar-refractivity contribution in [3.8, 4) is 11.1 Å². The Balaban J connectivity index is 1.99. The van der Waals surface area contributed by atoms with E-state index in [4.69, 9.17) is 21.3 Å². The molecule has 0 atom stereocenters. The van der Waals surface area contributed by atoms with Crippen molar-refractivity contribution in [1.82, 2.24) is 4.98 Å². The first-order valence-corrected chi connectivity index (χ1v) is 11.2. The van der Waals surface area contributed by atoms with E-state index >= 15 is 0 Å². The molecule has 0 spiro atoms. The number of methoxy groups -OCH3 is 1. The molecule has 0 aliphatic heterocycles. The van der Waals surface area contributed by atoms with Gasteiger partial charge in [0, 0.05) is 46.8 Å². The quantitative estimate of drug-likeness (QED) is 0.435. The maximum absolute atomic E-state index is 13.7. The molecule has 0 amide bonds. The molecule has 2 fully saturated rings. The second-order valence-corrected chi connectivity index (χ2v) is 8.63. The third-order valence-electron chi connectivity index (χ3n) is 6.07. The van der Waals surface area contributed by atoms with Crippen LogP contribution in [0.15, 0.2) is 18.2 Å². The SMILES string of the molecule is COCc1c(C2CCC2)nc(C2CCC2)c(CBr)c1-c1ccc(F)cc1Cl. The zero-order chi connectivity index (χ0) is 19.0. The van der Waals surface area contributed by atoms with Crippen LogP contribution in [0.3, 0.4) is 0 Å². The number of aromatic nitrogens is 1. The van der Waals surface area contributed by atoms with Crippen molar-refractivity contribution in [2.24, 2.45) is 0 Å². The highest BCUT2D eigenvalue weighted by Gasteiger charge is 2.32. The van der Waals surface area contributed by atoms with Gasteiger partial charge in [-0.3, -0.25) is 4.98 Å². The number of pyridine rings is 1. The molecule has 0 bridgehead atoms. The Labute approximate surface area is 173 Å². The van der Waals surface area contributed by atoms with Crippen LogP contribution >= 0.6 is 27.5 Å². The standard InChI is InChI=1S/C22H24BrClFNO/c1-27-12-18-20(16-9-8-15(25)10-19(16)24)17(11-23)21(13-4-2-5-13)26-22(18)14-6-3-7-14/h8-10,13-14H,2-7,11-12H2,1H3. The van der Waals surface area contributed by atoms with Crippen LogP contribution in [-0.4, -0.2) is 12.1 Å². The fourth-order valence-corrected chi connectivity index (χ4v) is 5.01. The molecule has 1 aromatic carbocycles. The number of halogens is 3. The van der Waals surface area contributed by atoms with Gasteiger partial charge in [0.1, 0.15) is 5.82 Å². The van der Waals surface area contributed by atoms with Gasteiger partial charge in [0.15, 0.2) is 0 Å². The Morgan fingerprint density at radius 3 is 2.22 bits per heavy atom. The summed E-state index contributed by atoms with van der Waals surface area (Å²) in [4.78, 5) is 5.21. The largest absolute Gasteiger partial charge is 0.380 e. The summed E-state index contributed by atoms with van der Waals surface area (Å²) in [7, 11) is 1.72. The molecule has 2 aliphatic rings. The number of benzene rings is 1. The average Bonchev–Trinajstić information content (AvgIpc) is 2.54. The first kappa shape index (κ1) is 19.4. The summed E-state index contributed by atoms with van der Waals surface area (Å²) in [5, 5.41) is 1.15. The molecule has 27 heavy (non-hydrogen) atoms. The van der Waals surface area contributed by atoms with Crippen LogP contribution in [0.4, 0.5) is 4.39 Å². The van der Waals surface area contributed by atoms with Crippen molar-refractivity contribution in [2.45, 2.75) is 62.3 Å². The molecule has 1 aromatic heterocycles. The Morgan fingerprint density at radius 1 is 1.11 bits per heavy atom. The van der Waals surface area contributed by atoms with Crippen LogP contribution in [0.5, 0.6) is 0 Å². The van der Waals surface area contributed by atoms with Crippen molar-refractivity contribution in [1.29, 1.82) is 0 Å². The van der Waals surface area contributed by atoms with Crippen LogP contribution in [0.1, 0.15) is 72.9 Å². The van der Waals surface area contributed by atoms with E-state index in [0.29, 0.717) is 28.8 Å². The van der Waals surface area contributed by atoms with Crippen molar-refractivity contribution in [3.63, 3.8) is 0 Å². The van der Waals surface area contributed by atoms with Gasteiger partial charge in [-0.05, 0) is 55.0 Å². The number of nitrogens with zero attached hydrogens (tertiary/aromatic N) is 1. The Kier molecular flexibility index (Phi) is 5.86. The predicted molar refractivity (Wildman–Crippen MR) is 111 cm³/mol. The lowest BCUT2D eigenvalue weighted by Gasteiger charge is -2.34. The lowest BCUT2D eigenvalue weighted by atomic mass is 9.76. The van der Waals surface area contributed by atoms with E-state index < -0.39 is 0 Å². The van der Waals surface area contributed by atoms with Gasteiger partial charge >= 0.3 is 0 Å². The van der Waals surface area contributed by atoms with Crippen LogP contribution in [0.2, 0.25) is 5.02 Å². The van der Waals surface area contributed by atoms with Gasteiger partial charge in [-0.15, -0.1) is 0 Å². The average molecular weight is 453 g/mol. The molecule has 144 valence electrons. The Morgan fingerprint density at radius 2 is 1.74 bits per heavy atom. The van der Waals surface area contributed by atoms with Gasteiger partial charge in [-0.2, -0.15) is 0 Å². The van der Waals surface area contributed by atoms with Gasteiger partial charge in [-0.1, -0.05) is 40.4 Å². The van der Waals surface area contributed by atoms with Gasteiger partial charge in [0.25, 0.3) is 0 Å². The number of ether oxygens (including phenoxy) is 1. The summed E-state index contributed by atoms with van der Waals surface area (Å²) in [5.74, 6) is 0.701. The van der Waals surface area contributed by atoms with E-state index in [1.165, 1.54) is 67.6 Å². The van der Waals surface area contributed by atoms with Crippen molar-refractivity contribution >= 4 is 27.5 Å². The van der Waals surface area contributed by atoms with Crippen molar-refractivity contribution in [2.75, 3.05) is 7.11 Å². The van der Waals surface area contributed by atoms with Crippen LogP contribution < -0.4 is 0 Å². The molecule has 2 aliphatic carbocycles. The Hall–Kier alpha value is -0.970. The lowest BCUT2D eigenvalue weighted by Crippen LogP contribution is -2.21. The van der Waals surface area contributed by atoms with Crippen molar-refractivity contribution in [3.05, 3.63) is 51.6 Å². The molecule has 0 saturated heterocycles. The smallest absolute Gasteiger partial charge is 0.124 e. The van der Waals surface area contributed by atoms with E-state index in [9.17, 15) is 4.39 Å². The van der Waals surface area contributed by atoms with Crippen LogP contribution in [-0.2, 0) is 16.7 Å². The lowest BCUT2D eigenvalue weighted by molar-refractivity contribution is 0.182. The van der Waals surface area contributed by atoms with E-state index in [1.54, 1.807) is 13.2 Å². The third kappa shape index (κ3) is 3.56. The molecule has 2 saturated carbocycles. The minimum atomic E-state index is -0.315. The van der Waals surface area contributed by atoms with Crippen LogP contribution in [0, 0.1) is 5.82 Å². The normalized spacial score (nSPS) is 17.6. The van der Waals surface area contributed by atoms with E-state index in [1.807, 2.05) is 0 Å². The molecule has 0 N–H and O–H groups in total. The molecule has 2 nitrogen and oxygen atoms in total. The summed E-state index contributed by atoms with van der Waals surface area (Å²) in [5.41, 5.74) is 6.65. The van der Waals surface area contributed by atoms with Gasteiger partial charge < -0.3 is 4.74 Å². The number of hydrogen-bond acceptors (Lipinski definition) is 2. The highest BCUT2D eigenvalue weighted by Crippen LogP contribution is 2.47. The number of alkyl halides is 1. The number of rotatable bonds is 6. The second kappa shape index (κ2) is 8.18. The van der Waals surface area contributed by atoms with Gasteiger partial charge in [0.2, 0.25) is 0 Å². The zero-order valence-corrected chi connectivity index (χ0v) is 17.9. The molecular weight excluding hydrogens is 429 g/mol. The molecule has 0 unspecified atom stereocenters. The van der Waals surface area contributed by atoms with Crippen molar-refractivity contribution < 1.29 is 9.13 Å². The van der Waals surface area contributed by atoms with E-state index in [-0.39, 0.29) is 5.82 Å². The summed E-state index contributed by atoms with van der Waals surface area (Å²) >= 11 is 10.2. The first-order chi connectivity index (χ1) is 13.1. The van der Waals surface area contributed by atoms with Gasteiger partial charge in [0.05, 0.1) is 11.6 Å². The molecule has 4 rings (SSSR count). The van der Waals surface area contributed by atoms with E-state index in [2.05, 4.69) is 15.9 Å². The summed E-state index contributed by atoms with van der Waals surface area (Å²) in [6, 6.07) is 4.69. The maximum atomic E-state index is 13.7. The first-order valence-electron chi connectivity index (χ1n) is 9.69. The number of hydrogen-bond donors (Lipinski definition) is 0. The molecular formula is C22H24BrClFNO.